The van der Waals surface area contributed by atoms with E-state index in [2.05, 4.69) is 10.1 Å². The summed E-state index contributed by atoms with van der Waals surface area (Å²) >= 11 is 1.27. The Bertz CT molecular complexity index is 835. The molecule has 0 atom stereocenters. The predicted octanol–water partition coefficient (Wildman–Crippen LogP) is 2.73. The van der Waals surface area contributed by atoms with Crippen LogP contribution in [0.2, 0.25) is 0 Å². The lowest BCUT2D eigenvalue weighted by Gasteiger charge is -2.19. The van der Waals surface area contributed by atoms with Crippen molar-refractivity contribution in [1.82, 2.24) is 5.32 Å². The van der Waals surface area contributed by atoms with Crippen molar-refractivity contribution in [1.29, 1.82) is 0 Å². The maximum atomic E-state index is 12.3. The molecular weight excluding hydrogens is 332 g/mol. The third-order valence-electron chi connectivity index (χ3n) is 4.13. The number of hydrogen-bond donors (Lipinski definition) is 1. The van der Waals surface area contributed by atoms with E-state index in [-0.39, 0.29) is 17.6 Å². The summed E-state index contributed by atoms with van der Waals surface area (Å²) in [5.41, 5.74) is -0.568. The van der Waals surface area contributed by atoms with Gasteiger partial charge in [-0.3, -0.25) is 4.90 Å². The number of thiophene rings is 1. The highest BCUT2D eigenvalue weighted by atomic mass is 32.1. The molecule has 8 heteroatoms. The Hall–Kier alpha value is -2.35. The largest absolute Gasteiger partial charge is 0.465 e. The molecule has 0 radical (unpaired) electrons. The first-order chi connectivity index (χ1) is 11.5. The highest BCUT2D eigenvalue weighted by molar-refractivity contribution is 7.22. The Labute approximate surface area is 142 Å². The van der Waals surface area contributed by atoms with Crippen LogP contribution in [0.5, 0.6) is 0 Å². The minimum absolute atomic E-state index is 0.156. The zero-order valence-corrected chi connectivity index (χ0v) is 14.3. The molecule has 1 aliphatic rings. The van der Waals surface area contributed by atoms with E-state index in [0.29, 0.717) is 15.3 Å². The molecule has 0 bridgehead atoms. The quantitative estimate of drug-likeness (QED) is 0.860. The smallest absolute Gasteiger partial charge is 0.351 e. The molecule has 1 N–H and O–H groups in total. The first kappa shape index (κ1) is 16.5. The zero-order valence-electron chi connectivity index (χ0n) is 13.5. The summed E-state index contributed by atoms with van der Waals surface area (Å²) in [5, 5.41) is 3.63. The van der Waals surface area contributed by atoms with Crippen LogP contribution in [-0.2, 0) is 4.74 Å². The summed E-state index contributed by atoms with van der Waals surface area (Å²) in [7, 11) is 2.86. The number of carbonyl (C=O) groups is 2. The molecule has 3 rings (SSSR count). The van der Waals surface area contributed by atoms with Gasteiger partial charge in [0.05, 0.1) is 11.8 Å². The van der Waals surface area contributed by atoms with Crippen molar-refractivity contribution in [3.05, 3.63) is 28.1 Å². The fourth-order valence-electron chi connectivity index (χ4n) is 2.76. The molecule has 0 aromatic carbocycles. The van der Waals surface area contributed by atoms with Gasteiger partial charge in [0, 0.05) is 19.2 Å². The highest BCUT2D eigenvalue weighted by Crippen LogP contribution is 2.32. The Morgan fingerprint density at radius 3 is 2.71 bits per heavy atom. The van der Waals surface area contributed by atoms with Crippen LogP contribution in [0.4, 0.5) is 9.80 Å². The summed E-state index contributed by atoms with van der Waals surface area (Å²) in [6.45, 7) is 0. The molecule has 1 aliphatic carbocycles. The number of methoxy groups -OCH3 is 1. The van der Waals surface area contributed by atoms with E-state index in [1.165, 1.54) is 29.4 Å². The van der Waals surface area contributed by atoms with E-state index in [1.54, 1.807) is 13.1 Å². The van der Waals surface area contributed by atoms with Gasteiger partial charge >= 0.3 is 17.6 Å². The monoisotopic (exact) mass is 350 g/mol. The average molecular weight is 350 g/mol. The second-order valence-corrected chi connectivity index (χ2v) is 6.80. The van der Waals surface area contributed by atoms with Crippen molar-refractivity contribution in [3.63, 3.8) is 0 Å². The molecule has 0 spiro atoms. The number of carbonyl (C=O) groups excluding carboxylic acids is 2. The van der Waals surface area contributed by atoms with Crippen LogP contribution in [0.3, 0.4) is 0 Å². The van der Waals surface area contributed by atoms with Gasteiger partial charge in [-0.15, -0.1) is 11.3 Å². The molecule has 1 saturated carbocycles. The Kier molecular flexibility index (Phi) is 4.57. The van der Waals surface area contributed by atoms with Crippen molar-refractivity contribution in [2.75, 3.05) is 19.1 Å². The standard InChI is InChI=1S/C16H18N2O5S/c1-18(16(21)17-9-5-3-4-6-9)13-8-11-12(24-13)7-10(14(19)22-2)15(20)23-11/h7-9H,3-6H2,1-2H3,(H,17,21). The SMILES string of the molecule is COC(=O)c1cc2sc(N(C)C(=O)NC3CCCC3)cc2oc1=O. The van der Waals surface area contributed by atoms with Crippen LogP contribution >= 0.6 is 11.3 Å². The number of esters is 1. The third kappa shape index (κ3) is 3.14. The summed E-state index contributed by atoms with van der Waals surface area (Å²) in [6.07, 6.45) is 4.28. The summed E-state index contributed by atoms with van der Waals surface area (Å²) in [4.78, 5) is 37.2. The maximum Gasteiger partial charge on any atom is 0.351 e. The van der Waals surface area contributed by atoms with Crippen molar-refractivity contribution in [3.8, 4) is 0 Å². The fourth-order valence-corrected chi connectivity index (χ4v) is 3.75. The molecule has 24 heavy (non-hydrogen) atoms. The van der Waals surface area contributed by atoms with Crippen molar-refractivity contribution < 1.29 is 18.7 Å². The van der Waals surface area contributed by atoms with E-state index in [4.69, 9.17) is 4.42 Å². The van der Waals surface area contributed by atoms with Gasteiger partial charge in [0.1, 0.15) is 10.6 Å². The molecule has 0 unspecified atom stereocenters. The fraction of sp³-hybridized carbons (Fsp3) is 0.438. The van der Waals surface area contributed by atoms with Crippen LogP contribution < -0.4 is 15.8 Å². The molecule has 1 fully saturated rings. The number of anilines is 1. The van der Waals surface area contributed by atoms with Gasteiger partial charge in [-0.2, -0.15) is 0 Å². The Morgan fingerprint density at radius 2 is 2.04 bits per heavy atom. The Balaban J connectivity index is 1.85. The second-order valence-electron chi connectivity index (χ2n) is 5.74. The minimum atomic E-state index is -0.753. The molecule has 2 amide bonds. The number of nitrogens with zero attached hydrogens (tertiary/aromatic N) is 1. The van der Waals surface area contributed by atoms with E-state index in [1.807, 2.05) is 0 Å². The van der Waals surface area contributed by atoms with E-state index >= 15 is 0 Å². The maximum absolute atomic E-state index is 12.3. The van der Waals surface area contributed by atoms with Crippen molar-refractivity contribution >= 4 is 38.6 Å². The summed E-state index contributed by atoms with van der Waals surface area (Å²) in [6, 6.07) is 3.09. The lowest BCUT2D eigenvalue weighted by atomic mass is 10.2. The van der Waals surface area contributed by atoms with Crippen LogP contribution in [0.15, 0.2) is 21.3 Å². The van der Waals surface area contributed by atoms with Crippen LogP contribution in [0, 0.1) is 0 Å². The second kappa shape index (κ2) is 6.64. The molecule has 128 valence electrons. The number of amides is 2. The number of nitrogens with one attached hydrogen (secondary N) is 1. The van der Waals surface area contributed by atoms with Gasteiger partial charge in [0.15, 0.2) is 5.58 Å². The first-order valence-corrected chi connectivity index (χ1v) is 8.51. The molecule has 0 aliphatic heterocycles. The minimum Gasteiger partial charge on any atom is -0.465 e. The molecule has 2 heterocycles. The number of rotatable bonds is 3. The molecule has 2 aromatic heterocycles. The number of ether oxygens (including phenoxy) is 1. The van der Waals surface area contributed by atoms with Gasteiger partial charge in [-0.05, 0) is 18.9 Å². The van der Waals surface area contributed by atoms with Gasteiger partial charge in [0.2, 0.25) is 0 Å². The Morgan fingerprint density at radius 1 is 1.33 bits per heavy atom. The van der Waals surface area contributed by atoms with Gasteiger partial charge in [-0.25, -0.2) is 14.4 Å². The van der Waals surface area contributed by atoms with E-state index in [9.17, 15) is 14.4 Å². The summed E-state index contributed by atoms with van der Waals surface area (Å²) < 4.78 is 10.3. The number of urea groups is 1. The third-order valence-corrected chi connectivity index (χ3v) is 5.27. The van der Waals surface area contributed by atoms with Crippen molar-refractivity contribution in [2.45, 2.75) is 31.7 Å². The predicted molar refractivity (Wildman–Crippen MR) is 90.9 cm³/mol. The summed E-state index contributed by atoms with van der Waals surface area (Å²) in [5.74, 6) is -0.743. The first-order valence-electron chi connectivity index (χ1n) is 7.70. The highest BCUT2D eigenvalue weighted by Gasteiger charge is 2.22. The lowest BCUT2D eigenvalue weighted by Crippen LogP contribution is -2.41. The van der Waals surface area contributed by atoms with E-state index in [0.717, 1.165) is 25.7 Å². The van der Waals surface area contributed by atoms with Gasteiger partial charge in [-0.1, -0.05) is 12.8 Å². The number of fused-ring (bicyclic) bond motifs is 1. The van der Waals surface area contributed by atoms with Crippen LogP contribution in [-0.4, -0.2) is 32.2 Å². The van der Waals surface area contributed by atoms with Crippen LogP contribution in [0.1, 0.15) is 36.0 Å². The van der Waals surface area contributed by atoms with Crippen molar-refractivity contribution in [2.24, 2.45) is 0 Å². The normalized spacial score (nSPS) is 14.8. The molecule has 7 nitrogen and oxygen atoms in total. The average Bonchev–Trinajstić information content (AvgIpc) is 3.21. The molecule has 2 aromatic rings. The topological polar surface area (TPSA) is 88.8 Å². The van der Waals surface area contributed by atoms with E-state index < -0.39 is 11.6 Å². The lowest BCUT2D eigenvalue weighted by molar-refractivity contribution is 0.0596. The van der Waals surface area contributed by atoms with Gasteiger partial charge < -0.3 is 14.5 Å². The van der Waals surface area contributed by atoms with Crippen LogP contribution in [0.25, 0.3) is 10.3 Å². The number of hydrogen-bond acceptors (Lipinski definition) is 6. The zero-order chi connectivity index (χ0) is 17.3. The molecular formula is C16H18N2O5S. The molecule has 0 saturated heterocycles. The van der Waals surface area contributed by atoms with Gasteiger partial charge in [0.25, 0.3) is 0 Å².